The fraction of sp³-hybridized carbons (Fsp3) is 0.375. The minimum absolute atomic E-state index is 0.138. The van der Waals surface area contributed by atoms with E-state index < -0.39 is 11.7 Å². The lowest BCUT2D eigenvalue weighted by molar-refractivity contribution is -0.670. The van der Waals surface area contributed by atoms with Crippen LogP contribution in [0.25, 0.3) is 5.69 Å². The Bertz CT molecular complexity index is 716. The summed E-state index contributed by atoms with van der Waals surface area (Å²) in [5, 5.41) is 6.25. The molecular formula is C16H20N3O5+. The largest absolute Gasteiger partial charge is 0.462 e. The molecular weight excluding hydrogens is 314 g/mol. The Labute approximate surface area is 139 Å². The molecule has 0 bridgehead atoms. The van der Waals surface area contributed by atoms with Gasteiger partial charge in [-0.3, -0.25) is 9.84 Å². The SMILES string of the molecule is CCOC(=O)c1ccc(-[n+]2cc(NC(=O)OC(C)(C)C)on2)cc1. The molecule has 2 aromatic rings. The maximum atomic E-state index is 11.7. The molecule has 1 amide bonds. The lowest BCUT2D eigenvalue weighted by Crippen LogP contribution is -2.31. The van der Waals surface area contributed by atoms with Crippen molar-refractivity contribution < 1.29 is 28.3 Å². The maximum Gasteiger partial charge on any atom is 0.414 e. The normalized spacial score (nSPS) is 11.0. The maximum absolute atomic E-state index is 11.7. The summed E-state index contributed by atoms with van der Waals surface area (Å²) >= 11 is 0. The highest BCUT2D eigenvalue weighted by atomic mass is 16.6. The highest BCUT2D eigenvalue weighted by molar-refractivity contribution is 5.89. The fourth-order valence-corrected chi connectivity index (χ4v) is 1.79. The van der Waals surface area contributed by atoms with Crippen molar-refractivity contribution in [2.45, 2.75) is 33.3 Å². The van der Waals surface area contributed by atoms with E-state index in [4.69, 9.17) is 14.0 Å². The number of nitrogens with zero attached hydrogens (tertiary/aromatic N) is 2. The Hall–Kier alpha value is -2.90. The first-order chi connectivity index (χ1) is 11.3. The quantitative estimate of drug-likeness (QED) is 0.682. The second-order valence-electron chi connectivity index (χ2n) is 5.91. The molecule has 128 valence electrons. The number of benzene rings is 1. The van der Waals surface area contributed by atoms with E-state index in [0.717, 1.165) is 0 Å². The van der Waals surface area contributed by atoms with Crippen LogP contribution in [0.2, 0.25) is 0 Å². The first-order valence-corrected chi connectivity index (χ1v) is 7.44. The van der Waals surface area contributed by atoms with Gasteiger partial charge in [-0.1, -0.05) is 0 Å². The molecule has 0 aliphatic heterocycles. The zero-order valence-corrected chi connectivity index (χ0v) is 14.0. The van der Waals surface area contributed by atoms with Gasteiger partial charge in [0.15, 0.2) is 0 Å². The van der Waals surface area contributed by atoms with Crippen LogP contribution in [0.15, 0.2) is 35.0 Å². The molecule has 1 aromatic heterocycles. The van der Waals surface area contributed by atoms with Crippen LogP contribution in [-0.2, 0) is 9.47 Å². The summed E-state index contributed by atoms with van der Waals surface area (Å²) in [6, 6.07) is 6.62. The number of esters is 1. The van der Waals surface area contributed by atoms with Crippen LogP contribution >= 0.6 is 0 Å². The molecule has 8 nitrogen and oxygen atoms in total. The number of aromatic nitrogens is 2. The molecule has 0 unspecified atom stereocenters. The van der Waals surface area contributed by atoms with E-state index in [1.807, 2.05) is 0 Å². The summed E-state index contributed by atoms with van der Waals surface area (Å²) in [4.78, 5) is 23.3. The van der Waals surface area contributed by atoms with Crippen LogP contribution in [-0.4, -0.2) is 29.5 Å². The third-order valence-electron chi connectivity index (χ3n) is 2.73. The van der Waals surface area contributed by atoms with Gasteiger partial charge in [0.05, 0.1) is 12.2 Å². The van der Waals surface area contributed by atoms with Crippen molar-refractivity contribution in [1.82, 2.24) is 5.27 Å². The number of amides is 1. The van der Waals surface area contributed by atoms with Crippen molar-refractivity contribution in [3.63, 3.8) is 0 Å². The predicted octanol–water partition coefficient (Wildman–Crippen LogP) is 2.48. The summed E-state index contributed by atoms with van der Waals surface area (Å²) in [6.07, 6.45) is 0.854. The van der Waals surface area contributed by atoms with Crippen LogP contribution in [0, 0.1) is 0 Å². The van der Waals surface area contributed by atoms with Crippen LogP contribution in [0.5, 0.6) is 0 Å². The minimum Gasteiger partial charge on any atom is -0.462 e. The number of rotatable bonds is 4. The monoisotopic (exact) mass is 334 g/mol. The average molecular weight is 334 g/mol. The van der Waals surface area contributed by atoms with Gasteiger partial charge in [0.2, 0.25) is 11.0 Å². The van der Waals surface area contributed by atoms with E-state index in [1.165, 1.54) is 10.9 Å². The van der Waals surface area contributed by atoms with Crippen molar-refractivity contribution in [3.05, 3.63) is 36.0 Å². The molecule has 24 heavy (non-hydrogen) atoms. The number of ether oxygens (including phenoxy) is 2. The van der Waals surface area contributed by atoms with E-state index >= 15 is 0 Å². The van der Waals surface area contributed by atoms with E-state index in [9.17, 15) is 9.59 Å². The van der Waals surface area contributed by atoms with Gasteiger partial charge in [-0.15, -0.1) is 0 Å². The van der Waals surface area contributed by atoms with E-state index in [-0.39, 0.29) is 11.9 Å². The Morgan fingerprint density at radius 3 is 2.50 bits per heavy atom. The third-order valence-corrected chi connectivity index (χ3v) is 2.73. The van der Waals surface area contributed by atoms with E-state index in [0.29, 0.717) is 17.9 Å². The first kappa shape index (κ1) is 17.5. The molecule has 0 fully saturated rings. The van der Waals surface area contributed by atoms with Crippen LogP contribution in [0.1, 0.15) is 38.1 Å². The number of hydrogen-bond donors (Lipinski definition) is 1. The van der Waals surface area contributed by atoms with Crippen LogP contribution in [0.4, 0.5) is 10.7 Å². The Morgan fingerprint density at radius 1 is 1.25 bits per heavy atom. The smallest absolute Gasteiger partial charge is 0.414 e. The molecule has 1 N–H and O–H groups in total. The fourth-order valence-electron chi connectivity index (χ4n) is 1.79. The molecule has 0 aliphatic carbocycles. The Morgan fingerprint density at radius 2 is 1.92 bits per heavy atom. The molecule has 0 saturated heterocycles. The molecule has 8 heteroatoms. The van der Waals surface area contributed by atoms with Crippen molar-refractivity contribution in [1.29, 1.82) is 0 Å². The number of hydrogen-bond acceptors (Lipinski definition) is 6. The van der Waals surface area contributed by atoms with Crippen LogP contribution in [0.3, 0.4) is 0 Å². The Balaban J connectivity index is 2.05. The highest BCUT2D eigenvalue weighted by Gasteiger charge is 2.21. The molecule has 1 heterocycles. The predicted molar refractivity (Wildman–Crippen MR) is 83.8 cm³/mol. The zero-order chi connectivity index (χ0) is 17.7. The molecule has 0 radical (unpaired) electrons. The molecule has 0 spiro atoms. The van der Waals surface area contributed by atoms with Gasteiger partial charge in [-0.05, 0) is 44.5 Å². The topological polar surface area (TPSA) is 94.5 Å². The average Bonchev–Trinajstić information content (AvgIpc) is 2.94. The molecule has 1 aromatic carbocycles. The lowest BCUT2D eigenvalue weighted by Gasteiger charge is -2.18. The van der Waals surface area contributed by atoms with Crippen LogP contribution < -0.4 is 10.00 Å². The lowest BCUT2D eigenvalue weighted by atomic mass is 10.2. The van der Waals surface area contributed by atoms with Gasteiger partial charge in [0.25, 0.3) is 6.20 Å². The van der Waals surface area contributed by atoms with E-state index in [2.05, 4.69) is 10.6 Å². The minimum atomic E-state index is -0.636. The van der Waals surface area contributed by atoms with Gasteiger partial charge in [-0.25, -0.2) is 9.59 Å². The second kappa shape index (κ2) is 7.12. The van der Waals surface area contributed by atoms with Gasteiger partial charge in [-0.2, -0.15) is 0 Å². The zero-order valence-electron chi connectivity index (χ0n) is 14.0. The summed E-state index contributed by atoms with van der Waals surface area (Å²) in [7, 11) is 0. The summed E-state index contributed by atoms with van der Waals surface area (Å²) in [5.41, 5.74) is 0.490. The number of nitrogens with one attached hydrogen (secondary N) is 1. The van der Waals surface area contributed by atoms with Crippen molar-refractivity contribution in [2.24, 2.45) is 0 Å². The summed E-state index contributed by atoms with van der Waals surface area (Å²) in [5.74, 6) is -0.250. The number of anilines is 1. The first-order valence-electron chi connectivity index (χ1n) is 7.44. The van der Waals surface area contributed by atoms with Gasteiger partial charge < -0.3 is 9.47 Å². The summed E-state index contributed by atoms with van der Waals surface area (Å²) in [6.45, 7) is 7.35. The number of carbonyl (C=O) groups excluding carboxylic acids is 2. The molecule has 0 aliphatic rings. The van der Waals surface area contributed by atoms with Gasteiger partial charge in [0.1, 0.15) is 5.60 Å². The van der Waals surface area contributed by atoms with Gasteiger partial charge >= 0.3 is 17.9 Å². The van der Waals surface area contributed by atoms with E-state index in [1.54, 1.807) is 52.0 Å². The summed E-state index contributed by atoms with van der Waals surface area (Å²) < 4.78 is 16.5. The molecule has 2 rings (SSSR count). The van der Waals surface area contributed by atoms with Crippen molar-refractivity contribution >= 4 is 17.9 Å². The second-order valence-corrected chi connectivity index (χ2v) is 5.91. The molecule has 0 atom stereocenters. The number of carbonyl (C=O) groups is 2. The third kappa shape index (κ3) is 4.80. The molecule has 0 saturated carbocycles. The van der Waals surface area contributed by atoms with Gasteiger partial charge in [0, 0.05) is 12.1 Å². The van der Waals surface area contributed by atoms with Crippen molar-refractivity contribution in [3.8, 4) is 5.69 Å². The Kier molecular flexibility index (Phi) is 5.18. The highest BCUT2D eigenvalue weighted by Crippen LogP contribution is 2.11. The standard InChI is InChI=1S/C16H19N3O5/c1-5-22-14(20)11-6-8-12(9-7-11)19-10-13(24-18-19)17-15(21)23-16(2,3)4/h6-10H,5H2,1-4H3/p+1. The van der Waals surface area contributed by atoms with Crippen molar-refractivity contribution in [2.75, 3.05) is 11.9 Å².